The second-order valence-electron chi connectivity index (χ2n) is 6.23. The predicted molar refractivity (Wildman–Crippen MR) is 97.5 cm³/mol. The van der Waals surface area contributed by atoms with Crippen LogP contribution >= 0.6 is 0 Å². The molecule has 1 atom stereocenters. The lowest BCUT2D eigenvalue weighted by Crippen LogP contribution is -2.19. The molecule has 150 valence electrons. The minimum absolute atomic E-state index is 0.00583. The van der Waals surface area contributed by atoms with E-state index >= 15 is 0 Å². The van der Waals surface area contributed by atoms with E-state index in [4.69, 9.17) is 4.74 Å². The van der Waals surface area contributed by atoms with Crippen LogP contribution in [0.2, 0.25) is 0 Å². The number of nitrogens with one attached hydrogen (secondary N) is 1. The summed E-state index contributed by atoms with van der Waals surface area (Å²) in [6, 6.07) is 9.74. The Balaban J connectivity index is 1.80. The van der Waals surface area contributed by atoms with Crippen molar-refractivity contribution in [3.8, 4) is 5.75 Å². The van der Waals surface area contributed by atoms with E-state index in [-0.39, 0.29) is 11.5 Å². The van der Waals surface area contributed by atoms with Crippen molar-refractivity contribution in [1.29, 1.82) is 0 Å². The summed E-state index contributed by atoms with van der Waals surface area (Å²) in [5.74, 6) is 0.245. The van der Waals surface area contributed by atoms with Crippen LogP contribution in [-0.4, -0.2) is 36.5 Å². The van der Waals surface area contributed by atoms with E-state index < -0.39 is 18.0 Å². The standard InChI is InChI=1S/C18H16F3N7O/c1-27-10-9-22-16(27)15(11-5-3-4-6-12(11)29-2)23-13-7-8-14-24-25-17(18(19,20)21)28(14)26-13/h3-10,15H,1-2H3,(H,23,26). The maximum atomic E-state index is 13.2. The summed E-state index contributed by atoms with van der Waals surface area (Å²) >= 11 is 0. The van der Waals surface area contributed by atoms with Crippen LogP contribution in [0.3, 0.4) is 0 Å². The van der Waals surface area contributed by atoms with E-state index in [9.17, 15) is 13.2 Å². The van der Waals surface area contributed by atoms with Gasteiger partial charge < -0.3 is 14.6 Å². The van der Waals surface area contributed by atoms with Gasteiger partial charge in [0.2, 0.25) is 0 Å². The largest absolute Gasteiger partial charge is 0.496 e. The number of fused-ring (bicyclic) bond motifs is 1. The summed E-state index contributed by atoms with van der Waals surface area (Å²) in [5, 5.41) is 13.9. The fraction of sp³-hybridized carbons (Fsp3) is 0.222. The van der Waals surface area contributed by atoms with Crippen molar-refractivity contribution in [1.82, 2.24) is 29.4 Å². The third kappa shape index (κ3) is 3.46. The fourth-order valence-corrected chi connectivity index (χ4v) is 3.03. The van der Waals surface area contributed by atoms with Gasteiger partial charge >= 0.3 is 6.18 Å². The van der Waals surface area contributed by atoms with E-state index in [0.717, 1.165) is 5.56 Å². The first-order valence-electron chi connectivity index (χ1n) is 8.55. The van der Waals surface area contributed by atoms with Crippen LogP contribution in [0.1, 0.15) is 23.3 Å². The monoisotopic (exact) mass is 403 g/mol. The van der Waals surface area contributed by atoms with E-state index in [0.29, 0.717) is 16.1 Å². The molecule has 1 aromatic carbocycles. The highest BCUT2D eigenvalue weighted by atomic mass is 19.4. The topological polar surface area (TPSA) is 82.2 Å². The molecule has 0 radical (unpaired) electrons. The zero-order chi connectivity index (χ0) is 20.6. The van der Waals surface area contributed by atoms with Crippen LogP contribution in [0.25, 0.3) is 5.65 Å². The summed E-state index contributed by atoms with van der Waals surface area (Å²) in [7, 11) is 3.37. The second kappa shape index (κ2) is 7.08. The third-order valence-electron chi connectivity index (χ3n) is 4.38. The minimum atomic E-state index is -4.67. The van der Waals surface area contributed by atoms with Crippen molar-refractivity contribution in [2.45, 2.75) is 12.2 Å². The smallest absolute Gasteiger partial charge is 0.453 e. The number of para-hydroxylation sites is 1. The lowest BCUT2D eigenvalue weighted by Gasteiger charge is -2.21. The molecule has 0 spiro atoms. The molecule has 4 rings (SSSR count). The number of alkyl halides is 3. The van der Waals surface area contributed by atoms with Crippen LogP contribution in [0.4, 0.5) is 19.0 Å². The molecule has 1 unspecified atom stereocenters. The van der Waals surface area contributed by atoms with Gasteiger partial charge in [-0.15, -0.1) is 15.3 Å². The van der Waals surface area contributed by atoms with Crippen LogP contribution < -0.4 is 10.1 Å². The Labute approximate surface area is 163 Å². The van der Waals surface area contributed by atoms with Crippen molar-refractivity contribution in [3.63, 3.8) is 0 Å². The molecule has 29 heavy (non-hydrogen) atoms. The lowest BCUT2D eigenvalue weighted by molar-refractivity contribution is -0.146. The second-order valence-corrected chi connectivity index (χ2v) is 6.23. The molecule has 0 bridgehead atoms. The quantitative estimate of drug-likeness (QED) is 0.552. The van der Waals surface area contributed by atoms with Crippen LogP contribution in [0.15, 0.2) is 48.8 Å². The third-order valence-corrected chi connectivity index (χ3v) is 4.38. The number of ether oxygens (including phenoxy) is 1. The lowest BCUT2D eigenvalue weighted by atomic mass is 10.0. The Morgan fingerprint density at radius 1 is 1.10 bits per heavy atom. The number of rotatable bonds is 5. The summed E-state index contributed by atoms with van der Waals surface area (Å²) in [5.41, 5.74) is 0.750. The van der Waals surface area contributed by atoms with Crippen molar-refractivity contribution in [3.05, 3.63) is 66.0 Å². The van der Waals surface area contributed by atoms with Gasteiger partial charge in [0.15, 0.2) is 5.65 Å². The number of aryl methyl sites for hydroxylation is 1. The number of hydrogen-bond donors (Lipinski definition) is 1. The molecule has 11 heteroatoms. The molecule has 4 aromatic rings. The van der Waals surface area contributed by atoms with Gasteiger partial charge in [-0.05, 0) is 18.2 Å². The number of aromatic nitrogens is 6. The summed E-state index contributed by atoms with van der Waals surface area (Å²) in [6.45, 7) is 0. The highest BCUT2D eigenvalue weighted by molar-refractivity contribution is 5.49. The summed E-state index contributed by atoms with van der Waals surface area (Å²) < 4.78 is 47.4. The zero-order valence-corrected chi connectivity index (χ0v) is 15.4. The SMILES string of the molecule is COc1ccccc1C(Nc1ccc2nnc(C(F)(F)F)n2n1)c1nccn1C. The van der Waals surface area contributed by atoms with Crippen LogP contribution in [-0.2, 0) is 13.2 Å². The molecule has 0 aliphatic heterocycles. The Bertz CT molecular complexity index is 1150. The fourth-order valence-electron chi connectivity index (χ4n) is 3.03. The average molecular weight is 403 g/mol. The van der Waals surface area contributed by atoms with Gasteiger partial charge in [0.25, 0.3) is 5.82 Å². The summed E-state index contributed by atoms with van der Waals surface area (Å²) in [4.78, 5) is 4.38. The minimum Gasteiger partial charge on any atom is -0.496 e. The van der Waals surface area contributed by atoms with Crippen molar-refractivity contribution in [2.24, 2.45) is 7.05 Å². The van der Waals surface area contributed by atoms with E-state index in [1.54, 1.807) is 25.6 Å². The van der Waals surface area contributed by atoms with E-state index in [2.05, 4.69) is 25.6 Å². The Morgan fingerprint density at radius 3 is 2.59 bits per heavy atom. The average Bonchev–Trinajstić information content (AvgIpc) is 3.31. The highest BCUT2D eigenvalue weighted by Gasteiger charge is 2.37. The molecule has 0 fully saturated rings. The molecule has 0 aliphatic carbocycles. The first kappa shape index (κ1) is 18.7. The van der Waals surface area contributed by atoms with Gasteiger partial charge in [-0.25, -0.2) is 4.98 Å². The van der Waals surface area contributed by atoms with Crippen molar-refractivity contribution < 1.29 is 17.9 Å². The molecule has 3 aromatic heterocycles. The number of benzene rings is 1. The first-order valence-corrected chi connectivity index (χ1v) is 8.55. The molecule has 0 saturated carbocycles. The summed E-state index contributed by atoms with van der Waals surface area (Å²) in [6.07, 6.45) is -1.26. The van der Waals surface area contributed by atoms with Gasteiger partial charge in [-0.3, -0.25) is 0 Å². The Kier molecular flexibility index (Phi) is 4.57. The zero-order valence-electron chi connectivity index (χ0n) is 15.4. The van der Waals surface area contributed by atoms with Crippen molar-refractivity contribution in [2.75, 3.05) is 12.4 Å². The van der Waals surface area contributed by atoms with Crippen LogP contribution in [0.5, 0.6) is 5.75 Å². The van der Waals surface area contributed by atoms with E-state index in [1.165, 1.54) is 12.1 Å². The number of methoxy groups -OCH3 is 1. The van der Waals surface area contributed by atoms with Crippen LogP contribution in [0, 0.1) is 0 Å². The van der Waals surface area contributed by atoms with Crippen molar-refractivity contribution >= 4 is 11.5 Å². The molecule has 1 N–H and O–H groups in total. The van der Waals surface area contributed by atoms with Gasteiger partial charge in [-0.2, -0.15) is 17.7 Å². The van der Waals surface area contributed by atoms with Gasteiger partial charge in [0, 0.05) is 25.0 Å². The molecule has 0 amide bonds. The highest BCUT2D eigenvalue weighted by Crippen LogP contribution is 2.32. The predicted octanol–water partition coefficient (Wildman–Crippen LogP) is 3.09. The number of anilines is 1. The molecule has 0 saturated heterocycles. The maximum absolute atomic E-state index is 13.2. The Morgan fingerprint density at radius 2 is 1.90 bits per heavy atom. The number of halogens is 3. The van der Waals surface area contributed by atoms with Gasteiger partial charge in [-0.1, -0.05) is 18.2 Å². The number of imidazole rings is 1. The molecular weight excluding hydrogens is 387 g/mol. The normalized spacial score (nSPS) is 12.9. The number of nitrogens with zero attached hydrogens (tertiary/aromatic N) is 6. The number of hydrogen-bond acceptors (Lipinski definition) is 6. The maximum Gasteiger partial charge on any atom is 0.453 e. The Hall–Kier alpha value is -3.63. The van der Waals surface area contributed by atoms with Gasteiger partial charge in [0.1, 0.15) is 23.4 Å². The molecule has 0 aliphatic rings. The first-order chi connectivity index (χ1) is 13.9. The van der Waals surface area contributed by atoms with E-state index in [1.807, 2.05) is 29.8 Å². The molecule has 3 heterocycles. The molecular formula is C18H16F3N7O. The van der Waals surface area contributed by atoms with Gasteiger partial charge in [0.05, 0.1) is 7.11 Å². The molecule has 8 nitrogen and oxygen atoms in total.